The first kappa shape index (κ1) is 17.7. The summed E-state index contributed by atoms with van der Waals surface area (Å²) in [4.78, 5) is 24.4. The minimum atomic E-state index is -0.473. The van der Waals surface area contributed by atoms with E-state index in [1.165, 1.54) is 7.11 Å². The van der Waals surface area contributed by atoms with Crippen LogP contribution in [0.2, 0.25) is 0 Å². The molecule has 0 saturated heterocycles. The minimum absolute atomic E-state index is 0.329. The molecular formula is C15H18N4O4S. The number of hydrazine groups is 1. The predicted octanol–water partition coefficient (Wildman–Crippen LogP) is 1.72. The second-order valence-corrected chi connectivity index (χ2v) is 5.56. The predicted molar refractivity (Wildman–Crippen MR) is 88.4 cm³/mol. The van der Waals surface area contributed by atoms with Crippen LogP contribution in [0.4, 0.5) is 0 Å². The van der Waals surface area contributed by atoms with Crippen LogP contribution in [0.5, 0.6) is 11.5 Å². The van der Waals surface area contributed by atoms with Gasteiger partial charge < -0.3 is 9.47 Å². The molecule has 1 aromatic heterocycles. The summed E-state index contributed by atoms with van der Waals surface area (Å²) in [6, 6.07) is 4.79. The first-order chi connectivity index (χ1) is 11.6. The fourth-order valence-corrected chi connectivity index (χ4v) is 2.37. The number of rotatable bonds is 6. The Morgan fingerprint density at radius 3 is 2.58 bits per heavy atom. The molecule has 0 spiro atoms. The summed E-state index contributed by atoms with van der Waals surface area (Å²) < 4.78 is 14.4. The van der Waals surface area contributed by atoms with Gasteiger partial charge >= 0.3 is 0 Å². The number of methoxy groups -OCH3 is 1. The van der Waals surface area contributed by atoms with Gasteiger partial charge in [-0.05, 0) is 43.1 Å². The number of nitrogens with one attached hydrogen (secondary N) is 2. The van der Waals surface area contributed by atoms with Gasteiger partial charge in [-0.25, -0.2) is 0 Å². The van der Waals surface area contributed by atoms with Crippen LogP contribution < -0.4 is 20.3 Å². The smallest absolute Gasteiger partial charge is 0.283 e. The lowest BCUT2D eigenvalue weighted by Gasteiger charge is -2.12. The van der Waals surface area contributed by atoms with Gasteiger partial charge in [-0.15, -0.1) is 5.10 Å². The Hall–Kier alpha value is -2.68. The molecule has 2 aromatic rings. The molecule has 0 radical (unpaired) electrons. The van der Waals surface area contributed by atoms with Gasteiger partial charge in [-0.1, -0.05) is 11.4 Å². The fourth-order valence-electron chi connectivity index (χ4n) is 1.82. The van der Waals surface area contributed by atoms with Gasteiger partial charge in [0.25, 0.3) is 11.8 Å². The van der Waals surface area contributed by atoms with Gasteiger partial charge in [-0.3, -0.25) is 20.4 Å². The highest BCUT2D eigenvalue weighted by atomic mass is 32.1. The highest BCUT2D eigenvalue weighted by molar-refractivity contribution is 7.07. The third kappa shape index (κ3) is 4.19. The van der Waals surface area contributed by atoms with E-state index < -0.39 is 11.8 Å². The molecule has 128 valence electrons. The first-order valence-corrected chi connectivity index (χ1v) is 8.04. The Balaban J connectivity index is 2.01. The van der Waals surface area contributed by atoms with Crippen LogP contribution in [-0.2, 0) is 0 Å². The molecule has 9 heteroatoms. The molecule has 8 nitrogen and oxygen atoms in total. The molecule has 0 bridgehead atoms. The Bertz CT molecular complexity index is 732. The summed E-state index contributed by atoms with van der Waals surface area (Å²) in [5.41, 5.74) is 5.51. The number of carbonyl (C=O) groups is 2. The van der Waals surface area contributed by atoms with E-state index in [9.17, 15) is 9.59 Å². The van der Waals surface area contributed by atoms with Gasteiger partial charge in [0, 0.05) is 5.56 Å². The molecule has 1 aromatic carbocycles. The average Bonchev–Trinajstić information content (AvgIpc) is 3.03. The van der Waals surface area contributed by atoms with Crippen LogP contribution in [0.3, 0.4) is 0 Å². The van der Waals surface area contributed by atoms with Crippen molar-refractivity contribution in [3.05, 3.63) is 34.3 Å². The van der Waals surface area contributed by atoms with E-state index in [1.807, 2.05) is 6.92 Å². The molecule has 0 aliphatic carbocycles. The molecule has 2 amide bonds. The van der Waals surface area contributed by atoms with E-state index in [4.69, 9.17) is 9.47 Å². The van der Waals surface area contributed by atoms with Crippen molar-refractivity contribution in [3.63, 3.8) is 0 Å². The highest BCUT2D eigenvalue weighted by Crippen LogP contribution is 2.28. The van der Waals surface area contributed by atoms with Crippen molar-refractivity contribution in [2.24, 2.45) is 0 Å². The Morgan fingerprint density at radius 1 is 1.21 bits per heavy atom. The summed E-state index contributed by atoms with van der Waals surface area (Å²) in [6.07, 6.45) is 0.864. The molecule has 0 aliphatic heterocycles. The number of carbonyl (C=O) groups excluding carboxylic acids is 2. The fraction of sp³-hybridized carbons (Fsp3) is 0.333. The Morgan fingerprint density at radius 2 is 1.96 bits per heavy atom. The second-order valence-electron chi connectivity index (χ2n) is 4.81. The van der Waals surface area contributed by atoms with Crippen LogP contribution in [-0.4, -0.2) is 35.1 Å². The first-order valence-electron chi connectivity index (χ1n) is 7.27. The zero-order valence-electron chi connectivity index (χ0n) is 13.6. The minimum Gasteiger partial charge on any atom is -0.493 e. The molecule has 0 fully saturated rings. The molecular weight excluding hydrogens is 332 g/mol. The molecule has 0 atom stereocenters. The van der Waals surface area contributed by atoms with E-state index in [2.05, 4.69) is 20.4 Å². The van der Waals surface area contributed by atoms with Crippen LogP contribution in [0.15, 0.2) is 18.2 Å². The summed E-state index contributed by atoms with van der Waals surface area (Å²) in [5.74, 6) is 0.0701. The highest BCUT2D eigenvalue weighted by Gasteiger charge is 2.15. The standard InChI is InChI=1S/C15H18N4O4S/c1-4-7-23-11-6-5-10(8-12(11)22-3)14(20)17-18-15(21)13-9(2)16-19-24-13/h5-6,8H,4,7H2,1-3H3,(H,17,20)(H,18,21). The molecule has 2 N–H and O–H groups in total. The quantitative estimate of drug-likeness (QED) is 0.769. The van der Waals surface area contributed by atoms with Crippen LogP contribution in [0.25, 0.3) is 0 Å². The third-order valence-corrected chi connectivity index (χ3v) is 3.86. The number of aromatic nitrogens is 2. The number of benzene rings is 1. The number of nitrogens with zero attached hydrogens (tertiary/aromatic N) is 2. The second kappa shape index (κ2) is 8.25. The lowest BCUT2D eigenvalue weighted by molar-refractivity contribution is 0.0848. The lowest BCUT2D eigenvalue weighted by atomic mass is 10.2. The maximum absolute atomic E-state index is 12.1. The zero-order chi connectivity index (χ0) is 17.5. The SMILES string of the molecule is CCCOc1ccc(C(=O)NNC(=O)c2snnc2C)cc1OC. The monoisotopic (exact) mass is 350 g/mol. The van der Waals surface area contributed by atoms with Crippen molar-refractivity contribution < 1.29 is 19.1 Å². The Labute approximate surface area is 143 Å². The number of ether oxygens (including phenoxy) is 2. The van der Waals surface area contributed by atoms with Crippen LogP contribution in [0.1, 0.15) is 39.1 Å². The van der Waals surface area contributed by atoms with Crippen molar-refractivity contribution in [2.75, 3.05) is 13.7 Å². The van der Waals surface area contributed by atoms with E-state index in [0.717, 1.165) is 18.0 Å². The summed E-state index contributed by atoms with van der Waals surface area (Å²) >= 11 is 0.960. The maximum atomic E-state index is 12.1. The third-order valence-electron chi connectivity index (χ3n) is 3.03. The largest absolute Gasteiger partial charge is 0.493 e. The molecule has 2 rings (SSSR count). The zero-order valence-corrected chi connectivity index (χ0v) is 14.4. The number of hydrogen-bond acceptors (Lipinski definition) is 7. The summed E-state index contributed by atoms with van der Waals surface area (Å²) in [7, 11) is 1.50. The van der Waals surface area contributed by atoms with Gasteiger partial charge in [0.05, 0.1) is 19.4 Å². The number of amides is 2. The van der Waals surface area contributed by atoms with Gasteiger partial charge in [0.2, 0.25) is 0 Å². The lowest BCUT2D eigenvalue weighted by Crippen LogP contribution is -2.41. The molecule has 0 saturated carbocycles. The number of hydrogen-bond donors (Lipinski definition) is 2. The van der Waals surface area contributed by atoms with E-state index in [-0.39, 0.29) is 0 Å². The summed E-state index contributed by atoms with van der Waals surface area (Å²) in [6.45, 7) is 4.22. The van der Waals surface area contributed by atoms with Crippen LogP contribution >= 0.6 is 11.5 Å². The topological polar surface area (TPSA) is 102 Å². The van der Waals surface area contributed by atoms with Gasteiger partial charge in [0.1, 0.15) is 4.88 Å². The normalized spacial score (nSPS) is 10.1. The van der Waals surface area contributed by atoms with Gasteiger partial charge in [-0.2, -0.15) is 0 Å². The molecule has 0 aliphatic rings. The van der Waals surface area contributed by atoms with Crippen molar-refractivity contribution in [1.82, 2.24) is 20.4 Å². The van der Waals surface area contributed by atoms with Crippen molar-refractivity contribution in [2.45, 2.75) is 20.3 Å². The van der Waals surface area contributed by atoms with Crippen LogP contribution in [0, 0.1) is 6.92 Å². The maximum Gasteiger partial charge on any atom is 0.283 e. The van der Waals surface area contributed by atoms with E-state index in [0.29, 0.717) is 34.2 Å². The van der Waals surface area contributed by atoms with Gasteiger partial charge in [0.15, 0.2) is 11.5 Å². The van der Waals surface area contributed by atoms with Crippen molar-refractivity contribution >= 4 is 23.3 Å². The average molecular weight is 350 g/mol. The molecule has 1 heterocycles. The molecule has 24 heavy (non-hydrogen) atoms. The number of aryl methyl sites for hydroxylation is 1. The van der Waals surface area contributed by atoms with Crippen molar-refractivity contribution in [1.29, 1.82) is 0 Å². The summed E-state index contributed by atoms with van der Waals surface area (Å²) in [5, 5.41) is 3.74. The molecule has 0 unspecified atom stereocenters. The Kier molecular flexibility index (Phi) is 6.07. The van der Waals surface area contributed by atoms with E-state index in [1.54, 1.807) is 25.1 Å². The van der Waals surface area contributed by atoms with E-state index >= 15 is 0 Å². The van der Waals surface area contributed by atoms with Crippen molar-refractivity contribution in [3.8, 4) is 11.5 Å².